The lowest BCUT2D eigenvalue weighted by molar-refractivity contribution is -0.167. The minimum atomic E-state index is -0.398. The standard InChI is InChI=1S/C24H34O4/c1-3-24(8-4-5-9-24)28-20(25)10-14(2)27-23(26)19-13-17-12-18(19)22-16-7-6-15(11-16)21(17)22/h6-7,14-19,21-22H,3-5,8-13H2,1-2H3. The summed E-state index contributed by atoms with van der Waals surface area (Å²) in [5, 5.41) is 0. The van der Waals surface area contributed by atoms with Crippen LogP contribution in [0.25, 0.3) is 0 Å². The Kier molecular flexibility index (Phi) is 4.59. The van der Waals surface area contributed by atoms with Crippen molar-refractivity contribution in [1.82, 2.24) is 0 Å². The highest BCUT2D eigenvalue weighted by Crippen LogP contribution is 2.67. The zero-order valence-electron chi connectivity index (χ0n) is 17.3. The van der Waals surface area contributed by atoms with Gasteiger partial charge in [-0.25, -0.2) is 0 Å². The molecule has 4 bridgehead atoms. The lowest BCUT2D eigenvalue weighted by Crippen LogP contribution is -2.37. The van der Waals surface area contributed by atoms with Crippen LogP contribution >= 0.6 is 0 Å². The van der Waals surface area contributed by atoms with Crippen molar-refractivity contribution in [2.24, 2.45) is 41.4 Å². The molecule has 154 valence electrons. The summed E-state index contributed by atoms with van der Waals surface area (Å²) in [5.41, 5.74) is -0.268. The Balaban J connectivity index is 1.14. The molecule has 0 aromatic heterocycles. The molecule has 4 nitrogen and oxygen atoms in total. The molecule has 0 amide bonds. The van der Waals surface area contributed by atoms with Gasteiger partial charge in [-0.1, -0.05) is 19.1 Å². The van der Waals surface area contributed by atoms with Gasteiger partial charge in [0.05, 0.1) is 12.3 Å². The summed E-state index contributed by atoms with van der Waals surface area (Å²) in [4.78, 5) is 25.3. The van der Waals surface area contributed by atoms with Gasteiger partial charge >= 0.3 is 11.9 Å². The van der Waals surface area contributed by atoms with Gasteiger partial charge in [0.2, 0.25) is 0 Å². The van der Waals surface area contributed by atoms with Crippen molar-refractivity contribution in [3.63, 3.8) is 0 Å². The van der Waals surface area contributed by atoms with Crippen molar-refractivity contribution >= 4 is 11.9 Å². The summed E-state index contributed by atoms with van der Waals surface area (Å²) in [7, 11) is 0. The van der Waals surface area contributed by atoms with Crippen LogP contribution in [0.15, 0.2) is 12.2 Å². The highest BCUT2D eigenvalue weighted by molar-refractivity contribution is 5.75. The maximum atomic E-state index is 12.9. The Morgan fingerprint density at radius 3 is 2.50 bits per heavy atom. The second-order valence-corrected chi connectivity index (χ2v) is 10.3. The quantitative estimate of drug-likeness (QED) is 0.378. The molecule has 0 aromatic carbocycles. The minimum absolute atomic E-state index is 0.0503. The monoisotopic (exact) mass is 386 g/mol. The zero-order chi connectivity index (χ0) is 19.5. The third-order valence-electron chi connectivity index (χ3n) is 8.83. The lowest BCUT2D eigenvalue weighted by Gasteiger charge is -2.36. The summed E-state index contributed by atoms with van der Waals surface area (Å²) in [6.07, 6.45) is 13.2. The van der Waals surface area contributed by atoms with Gasteiger partial charge in [0.15, 0.2) is 0 Å². The zero-order valence-corrected chi connectivity index (χ0v) is 17.3. The highest BCUT2D eigenvalue weighted by Gasteiger charge is 2.62. The minimum Gasteiger partial charge on any atom is -0.462 e. The highest BCUT2D eigenvalue weighted by atomic mass is 16.6. The fourth-order valence-electron chi connectivity index (χ4n) is 7.68. The Bertz CT molecular complexity index is 676. The Hall–Kier alpha value is -1.32. The predicted octanol–water partition coefficient (Wildman–Crippen LogP) is 4.67. The van der Waals surface area contributed by atoms with E-state index < -0.39 is 6.10 Å². The molecular weight excluding hydrogens is 352 g/mol. The molecule has 5 aliphatic rings. The summed E-state index contributed by atoms with van der Waals surface area (Å²) in [5.74, 6) is 3.99. The fraction of sp³-hybridized carbons (Fsp3) is 0.833. The molecule has 8 atom stereocenters. The van der Waals surface area contributed by atoms with Crippen LogP contribution in [-0.2, 0) is 19.1 Å². The molecule has 0 saturated heterocycles. The number of hydrogen-bond acceptors (Lipinski definition) is 4. The molecule has 0 aromatic rings. The van der Waals surface area contributed by atoms with Crippen LogP contribution in [0.1, 0.15) is 71.6 Å². The number of carbonyl (C=O) groups is 2. The van der Waals surface area contributed by atoms with Gasteiger partial charge in [0.25, 0.3) is 0 Å². The van der Waals surface area contributed by atoms with Crippen LogP contribution < -0.4 is 0 Å². The number of ether oxygens (including phenoxy) is 2. The molecule has 28 heavy (non-hydrogen) atoms. The molecule has 5 rings (SSSR count). The van der Waals surface area contributed by atoms with Gasteiger partial charge in [0.1, 0.15) is 11.7 Å². The lowest BCUT2D eigenvalue weighted by atomic mass is 9.69. The Labute approximate surface area is 168 Å². The van der Waals surface area contributed by atoms with Crippen molar-refractivity contribution in [2.75, 3.05) is 0 Å². The summed E-state index contributed by atoms with van der Waals surface area (Å²) in [6, 6.07) is 0. The van der Waals surface area contributed by atoms with Gasteiger partial charge in [0, 0.05) is 0 Å². The van der Waals surface area contributed by atoms with Crippen molar-refractivity contribution in [1.29, 1.82) is 0 Å². The van der Waals surface area contributed by atoms with E-state index in [2.05, 4.69) is 19.1 Å². The normalized spacial score (nSPS) is 42.6. The Morgan fingerprint density at radius 1 is 1.07 bits per heavy atom. The van der Waals surface area contributed by atoms with E-state index in [9.17, 15) is 9.59 Å². The van der Waals surface area contributed by atoms with E-state index in [0.29, 0.717) is 23.7 Å². The molecule has 4 saturated carbocycles. The molecular formula is C24H34O4. The second-order valence-electron chi connectivity index (χ2n) is 10.3. The van der Waals surface area contributed by atoms with Gasteiger partial charge in [-0.3, -0.25) is 9.59 Å². The first kappa shape index (κ1) is 18.7. The van der Waals surface area contributed by atoms with Gasteiger partial charge in [-0.15, -0.1) is 0 Å². The first-order chi connectivity index (χ1) is 13.5. The largest absolute Gasteiger partial charge is 0.462 e. The van der Waals surface area contributed by atoms with Gasteiger partial charge < -0.3 is 9.47 Å². The first-order valence-corrected chi connectivity index (χ1v) is 11.6. The SMILES string of the molecule is CCC1(OC(=O)CC(C)OC(=O)C2CC3CC2C2C4C=CC(C4)C32)CCCC1. The molecule has 0 aliphatic heterocycles. The average Bonchev–Trinajstić information content (AvgIpc) is 3.45. The van der Waals surface area contributed by atoms with E-state index in [1.54, 1.807) is 0 Å². The fourth-order valence-corrected chi connectivity index (χ4v) is 7.68. The number of allylic oxidation sites excluding steroid dienone is 2. The molecule has 0 radical (unpaired) electrons. The van der Waals surface area contributed by atoms with E-state index in [4.69, 9.17) is 9.47 Å². The van der Waals surface area contributed by atoms with Crippen molar-refractivity contribution in [3.8, 4) is 0 Å². The second kappa shape index (κ2) is 6.88. The summed E-state index contributed by atoms with van der Waals surface area (Å²) in [6.45, 7) is 3.93. The summed E-state index contributed by atoms with van der Waals surface area (Å²) < 4.78 is 11.6. The van der Waals surface area contributed by atoms with Crippen LogP contribution in [0.5, 0.6) is 0 Å². The number of rotatable bonds is 6. The van der Waals surface area contributed by atoms with E-state index in [1.807, 2.05) is 6.92 Å². The van der Waals surface area contributed by atoms with E-state index >= 15 is 0 Å². The Morgan fingerprint density at radius 2 is 1.79 bits per heavy atom. The van der Waals surface area contributed by atoms with Crippen LogP contribution in [-0.4, -0.2) is 23.6 Å². The number of carbonyl (C=O) groups excluding carboxylic acids is 2. The number of hydrogen-bond donors (Lipinski definition) is 0. The van der Waals surface area contributed by atoms with Crippen LogP contribution in [0.4, 0.5) is 0 Å². The van der Waals surface area contributed by atoms with Crippen molar-refractivity contribution in [2.45, 2.75) is 83.3 Å². The first-order valence-electron chi connectivity index (χ1n) is 11.6. The molecule has 4 heteroatoms. The van der Waals surface area contributed by atoms with Crippen molar-refractivity contribution in [3.05, 3.63) is 12.2 Å². The molecule has 0 N–H and O–H groups in total. The molecule has 8 unspecified atom stereocenters. The topological polar surface area (TPSA) is 52.6 Å². The maximum Gasteiger partial charge on any atom is 0.310 e. The van der Waals surface area contributed by atoms with Gasteiger partial charge in [-0.2, -0.15) is 0 Å². The van der Waals surface area contributed by atoms with Crippen LogP contribution in [0, 0.1) is 41.4 Å². The molecule has 5 aliphatic carbocycles. The van der Waals surface area contributed by atoms with E-state index in [1.165, 1.54) is 12.8 Å². The van der Waals surface area contributed by atoms with Gasteiger partial charge in [-0.05, 0) is 93.8 Å². The predicted molar refractivity (Wildman–Crippen MR) is 105 cm³/mol. The number of esters is 2. The molecule has 0 heterocycles. The maximum absolute atomic E-state index is 12.9. The number of fused-ring (bicyclic) bond motifs is 9. The summed E-state index contributed by atoms with van der Waals surface area (Å²) >= 11 is 0. The van der Waals surface area contributed by atoms with Crippen molar-refractivity contribution < 1.29 is 19.1 Å². The van der Waals surface area contributed by atoms with Crippen LogP contribution in [0.2, 0.25) is 0 Å². The van der Waals surface area contributed by atoms with E-state index in [0.717, 1.165) is 50.4 Å². The molecule has 0 spiro atoms. The smallest absolute Gasteiger partial charge is 0.310 e. The average molecular weight is 387 g/mol. The van der Waals surface area contributed by atoms with Crippen LogP contribution in [0.3, 0.4) is 0 Å². The molecule has 4 fully saturated rings. The third-order valence-corrected chi connectivity index (χ3v) is 8.83. The van der Waals surface area contributed by atoms with E-state index in [-0.39, 0.29) is 29.9 Å². The third kappa shape index (κ3) is 2.93.